The Balaban J connectivity index is 2.54. The molecule has 0 radical (unpaired) electrons. The lowest BCUT2D eigenvalue weighted by Gasteiger charge is -2.07. The number of methoxy groups -OCH3 is 1. The summed E-state index contributed by atoms with van der Waals surface area (Å²) in [5, 5.41) is 7.63. The number of aromatic nitrogens is 2. The van der Waals surface area contributed by atoms with E-state index in [2.05, 4.69) is 30.3 Å². The smallest absolute Gasteiger partial charge is 0.0609 e. The largest absolute Gasteiger partial charge is 0.383 e. The van der Waals surface area contributed by atoms with Crippen LogP contribution in [0.5, 0.6) is 0 Å². The second-order valence-electron chi connectivity index (χ2n) is 3.90. The van der Waals surface area contributed by atoms with Crippen molar-refractivity contribution >= 4 is 6.08 Å². The molecule has 0 aliphatic rings. The Bertz CT molecular complexity index is 344. The predicted octanol–water partition coefficient (Wildman–Crippen LogP) is 1.93. The molecule has 0 spiro atoms. The number of nitrogens with zero attached hydrogens (tertiary/aromatic N) is 2. The maximum absolute atomic E-state index is 5.00. The fourth-order valence-corrected chi connectivity index (χ4v) is 1.64. The first-order valence-electron chi connectivity index (χ1n) is 6.22. The second kappa shape index (κ2) is 8.03. The topological polar surface area (TPSA) is 39.1 Å². The van der Waals surface area contributed by atoms with Gasteiger partial charge < -0.3 is 10.1 Å². The number of ether oxygens (including phenoxy) is 1. The Hall–Kier alpha value is -1.13. The van der Waals surface area contributed by atoms with Gasteiger partial charge in [-0.25, -0.2) is 0 Å². The van der Waals surface area contributed by atoms with E-state index >= 15 is 0 Å². The zero-order valence-corrected chi connectivity index (χ0v) is 11.1. The average molecular weight is 237 g/mol. The Morgan fingerprint density at radius 3 is 3.00 bits per heavy atom. The van der Waals surface area contributed by atoms with E-state index in [1.807, 2.05) is 16.9 Å². The van der Waals surface area contributed by atoms with Crippen molar-refractivity contribution < 1.29 is 4.74 Å². The highest BCUT2D eigenvalue weighted by molar-refractivity contribution is 5.49. The summed E-state index contributed by atoms with van der Waals surface area (Å²) in [4.78, 5) is 0. The molecule has 0 aromatic carbocycles. The molecule has 0 aliphatic carbocycles. The molecular weight excluding hydrogens is 214 g/mol. The standard InChI is InChI=1S/C13H23N3O/c1-4-12(11-14-8-9-17-3)10-13-6-7-15-16(13)5-2/h6-7,10,14H,4-5,8-9,11H2,1-3H3. The highest BCUT2D eigenvalue weighted by Crippen LogP contribution is 2.08. The van der Waals surface area contributed by atoms with Crippen molar-refractivity contribution in [1.29, 1.82) is 0 Å². The van der Waals surface area contributed by atoms with E-state index in [1.54, 1.807) is 7.11 Å². The van der Waals surface area contributed by atoms with Gasteiger partial charge in [0.05, 0.1) is 12.3 Å². The molecule has 4 nitrogen and oxygen atoms in total. The lowest BCUT2D eigenvalue weighted by atomic mass is 10.1. The summed E-state index contributed by atoms with van der Waals surface area (Å²) in [6, 6.07) is 2.05. The van der Waals surface area contributed by atoms with Gasteiger partial charge in [0.1, 0.15) is 0 Å². The fourth-order valence-electron chi connectivity index (χ4n) is 1.64. The third-order valence-electron chi connectivity index (χ3n) is 2.69. The van der Waals surface area contributed by atoms with Gasteiger partial charge in [0.15, 0.2) is 0 Å². The Morgan fingerprint density at radius 1 is 1.53 bits per heavy atom. The highest BCUT2D eigenvalue weighted by atomic mass is 16.5. The fraction of sp³-hybridized carbons (Fsp3) is 0.615. The van der Waals surface area contributed by atoms with E-state index in [0.29, 0.717) is 0 Å². The van der Waals surface area contributed by atoms with E-state index in [0.717, 1.165) is 32.7 Å². The van der Waals surface area contributed by atoms with Gasteiger partial charge in [0.25, 0.3) is 0 Å². The molecule has 1 aromatic rings. The van der Waals surface area contributed by atoms with Crippen LogP contribution in [0.2, 0.25) is 0 Å². The van der Waals surface area contributed by atoms with Crippen molar-refractivity contribution in [2.45, 2.75) is 26.8 Å². The molecule has 0 saturated heterocycles. The normalized spacial score (nSPS) is 12.1. The third kappa shape index (κ3) is 4.71. The number of hydrogen-bond donors (Lipinski definition) is 1. The van der Waals surface area contributed by atoms with E-state index < -0.39 is 0 Å². The van der Waals surface area contributed by atoms with Crippen LogP contribution in [0.3, 0.4) is 0 Å². The molecule has 1 rings (SSSR count). The summed E-state index contributed by atoms with van der Waals surface area (Å²) in [7, 11) is 1.72. The lowest BCUT2D eigenvalue weighted by molar-refractivity contribution is 0.200. The second-order valence-corrected chi connectivity index (χ2v) is 3.90. The minimum absolute atomic E-state index is 0.754. The van der Waals surface area contributed by atoms with Crippen LogP contribution in [-0.4, -0.2) is 36.6 Å². The van der Waals surface area contributed by atoms with Gasteiger partial charge in [-0.1, -0.05) is 12.5 Å². The van der Waals surface area contributed by atoms with Gasteiger partial charge in [0.2, 0.25) is 0 Å². The van der Waals surface area contributed by atoms with E-state index in [1.165, 1.54) is 11.3 Å². The highest BCUT2D eigenvalue weighted by Gasteiger charge is 2.00. The Labute approximate surface area is 104 Å². The number of nitrogens with one attached hydrogen (secondary N) is 1. The first kappa shape index (κ1) is 13.9. The predicted molar refractivity (Wildman–Crippen MR) is 70.9 cm³/mol. The van der Waals surface area contributed by atoms with Crippen LogP contribution >= 0.6 is 0 Å². The van der Waals surface area contributed by atoms with E-state index in [9.17, 15) is 0 Å². The summed E-state index contributed by atoms with van der Waals surface area (Å²) in [5.41, 5.74) is 2.56. The minimum atomic E-state index is 0.754. The zero-order valence-electron chi connectivity index (χ0n) is 11.1. The molecule has 1 aromatic heterocycles. The molecule has 0 bridgehead atoms. The molecule has 1 heterocycles. The zero-order chi connectivity index (χ0) is 12.5. The van der Waals surface area contributed by atoms with Crippen LogP contribution in [0.15, 0.2) is 17.8 Å². The maximum atomic E-state index is 5.00. The molecule has 0 fully saturated rings. The van der Waals surface area contributed by atoms with Gasteiger partial charge in [0, 0.05) is 32.9 Å². The van der Waals surface area contributed by atoms with Crippen LogP contribution in [0.25, 0.3) is 6.08 Å². The molecule has 0 atom stereocenters. The summed E-state index contributed by atoms with van der Waals surface area (Å²) in [6.07, 6.45) is 5.12. The van der Waals surface area contributed by atoms with Crippen LogP contribution in [0, 0.1) is 0 Å². The monoisotopic (exact) mass is 237 g/mol. The molecule has 0 unspecified atom stereocenters. The lowest BCUT2D eigenvalue weighted by Crippen LogP contribution is -2.21. The summed E-state index contributed by atoms with van der Waals surface area (Å²) >= 11 is 0. The third-order valence-corrected chi connectivity index (χ3v) is 2.69. The minimum Gasteiger partial charge on any atom is -0.383 e. The van der Waals surface area contributed by atoms with Crippen molar-refractivity contribution in [3.63, 3.8) is 0 Å². The van der Waals surface area contributed by atoms with Crippen molar-refractivity contribution in [1.82, 2.24) is 15.1 Å². The van der Waals surface area contributed by atoms with Gasteiger partial charge in [-0.05, 0) is 25.5 Å². The van der Waals surface area contributed by atoms with E-state index in [-0.39, 0.29) is 0 Å². The molecule has 0 aliphatic heterocycles. The van der Waals surface area contributed by atoms with Crippen molar-refractivity contribution in [2.24, 2.45) is 0 Å². The molecule has 1 N–H and O–H groups in total. The molecule has 0 amide bonds. The van der Waals surface area contributed by atoms with Crippen LogP contribution in [0.4, 0.5) is 0 Å². The molecule has 0 saturated carbocycles. The SMILES string of the molecule is CCC(=Cc1ccnn1CC)CNCCOC. The first-order valence-corrected chi connectivity index (χ1v) is 6.22. The van der Waals surface area contributed by atoms with Crippen LogP contribution in [0.1, 0.15) is 26.0 Å². The average Bonchev–Trinajstić information content (AvgIpc) is 2.80. The summed E-state index contributed by atoms with van der Waals surface area (Å²) in [5.74, 6) is 0. The van der Waals surface area contributed by atoms with E-state index in [4.69, 9.17) is 4.74 Å². The van der Waals surface area contributed by atoms with Gasteiger partial charge in [-0.3, -0.25) is 4.68 Å². The molecule has 17 heavy (non-hydrogen) atoms. The van der Waals surface area contributed by atoms with Crippen LogP contribution in [-0.2, 0) is 11.3 Å². The van der Waals surface area contributed by atoms with Crippen LogP contribution < -0.4 is 5.32 Å². The molecule has 4 heteroatoms. The summed E-state index contributed by atoms with van der Waals surface area (Å²) in [6.45, 7) is 7.75. The number of hydrogen-bond acceptors (Lipinski definition) is 3. The molecule has 96 valence electrons. The van der Waals surface area contributed by atoms with Crippen molar-refractivity contribution in [3.8, 4) is 0 Å². The van der Waals surface area contributed by atoms with Gasteiger partial charge >= 0.3 is 0 Å². The maximum Gasteiger partial charge on any atom is 0.0609 e. The van der Waals surface area contributed by atoms with Crippen molar-refractivity contribution in [2.75, 3.05) is 26.8 Å². The number of aryl methyl sites for hydroxylation is 1. The van der Waals surface area contributed by atoms with Gasteiger partial charge in [-0.2, -0.15) is 5.10 Å². The quantitative estimate of drug-likeness (QED) is 0.702. The van der Waals surface area contributed by atoms with Crippen molar-refractivity contribution in [3.05, 3.63) is 23.5 Å². The van der Waals surface area contributed by atoms with Gasteiger partial charge in [-0.15, -0.1) is 0 Å². The Kier molecular flexibility index (Phi) is 6.58. The first-order chi connectivity index (χ1) is 8.31. The summed E-state index contributed by atoms with van der Waals surface area (Å²) < 4.78 is 7.01. The molecular formula is C13H23N3O. The number of rotatable bonds is 8. The Morgan fingerprint density at radius 2 is 2.35 bits per heavy atom.